The largest absolute Gasteiger partial charge is 0.417 e. The van der Waals surface area contributed by atoms with E-state index in [4.69, 9.17) is 0 Å². The first-order chi connectivity index (χ1) is 12.9. The Balaban J connectivity index is 1.53. The van der Waals surface area contributed by atoms with Crippen LogP contribution in [0.5, 0.6) is 0 Å². The summed E-state index contributed by atoms with van der Waals surface area (Å²) in [5, 5.41) is 7.87. The minimum Gasteiger partial charge on any atom is -0.357 e. The number of alkyl halides is 3. The molecule has 9 heteroatoms. The van der Waals surface area contributed by atoms with Crippen molar-refractivity contribution in [3.63, 3.8) is 0 Å². The average molecular weight is 382 g/mol. The van der Waals surface area contributed by atoms with E-state index in [1.807, 2.05) is 9.58 Å². The molecule has 0 amide bonds. The fourth-order valence-electron chi connectivity index (χ4n) is 3.44. The van der Waals surface area contributed by atoms with Crippen molar-refractivity contribution in [3.05, 3.63) is 36.0 Å². The monoisotopic (exact) mass is 382 g/mol. The van der Waals surface area contributed by atoms with Crippen molar-refractivity contribution in [3.8, 4) is 0 Å². The van der Waals surface area contributed by atoms with Gasteiger partial charge in [-0.1, -0.05) is 6.92 Å². The molecule has 2 aromatic rings. The second-order valence-electron chi connectivity index (χ2n) is 6.89. The van der Waals surface area contributed by atoms with Crippen molar-refractivity contribution in [1.29, 1.82) is 0 Å². The van der Waals surface area contributed by atoms with Crippen LogP contribution in [0.25, 0.3) is 0 Å². The van der Waals surface area contributed by atoms with E-state index >= 15 is 0 Å². The molecule has 27 heavy (non-hydrogen) atoms. The number of aryl methyl sites for hydroxylation is 1. The van der Waals surface area contributed by atoms with Crippen LogP contribution in [0, 0.1) is 0 Å². The Kier molecular flexibility index (Phi) is 5.98. The van der Waals surface area contributed by atoms with Crippen LogP contribution < -0.4 is 10.2 Å². The van der Waals surface area contributed by atoms with Crippen LogP contribution in [0.3, 0.4) is 0 Å². The van der Waals surface area contributed by atoms with Gasteiger partial charge in [-0.15, -0.1) is 0 Å². The average Bonchev–Trinajstić information content (AvgIpc) is 3.10. The van der Waals surface area contributed by atoms with Crippen molar-refractivity contribution in [2.24, 2.45) is 0 Å². The standard InChI is InChI=1S/C18H25F3N6/c1-3-8-27-17(23-12-24-27)13(2)25-15-6-9-26(10-7-15)16-5-4-14(11-22-16)18(19,20)21/h4-5,11-13,15,25H,3,6-10H2,1-2H3/t13-/m1/s1. The van der Waals surface area contributed by atoms with E-state index in [1.54, 1.807) is 6.33 Å². The Morgan fingerprint density at radius 2 is 1.96 bits per heavy atom. The number of halogens is 3. The van der Waals surface area contributed by atoms with Crippen molar-refractivity contribution < 1.29 is 13.2 Å². The number of hydrogen-bond acceptors (Lipinski definition) is 5. The Hall–Kier alpha value is -2.16. The van der Waals surface area contributed by atoms with Gasteiger partial charge in [0.2, 0.25) is 0 Å². The van der Waals surface area contributed by atoms with E-state index in [9.17, 15) is 13.2 Å². The summed E-state index contributed by atoms with van der Waals surface area (Å²) in [5.41, 5.74) is -0.715. The zero-order valence-electron chi connectivity index (χ0n) is 15.6. The fourth-order valence-corrected chi connectivity index (χ4v) is 3.44. The molecule has 1 saturated heterocycles. The Labute approximate surface area is 156 Å². The quantitative estimate of drug-likeness (QED) is 0.830. The third-order valence-electron chi connectivity index (χ3n) is 4.85. The second kappa shape index (κ2) is 8.24. The maximum atomic E-state index is 12.7. The maximum absolute atomic E-state index is 12.7. The minimum absolute atomic E-state index is 0.0970. The van der Waals surface area contributed by atoms with Crippen LogP contribution in [-0.4, -0.2) is 38.9 Å². The fraction of sp³-hybridized carbons (Fsp3) is 0.611. The normalized spacial score (nSPS) is 17.3. The van der Waals surface area contributed by atoms with Crippen LogP contribution in [-0.2, 0) is 12.7 Å². The molecule has 1 aliphatic rings. The number of piperidine rings is 1. The smallest absolute Gasteiger partial charge is 0.357 e. The highest BCUT2D eigenvalue weighted by molar-refractivity contribution is 5.40. The van der Waals surface area contributed by atoms with Gasteiger partial charge in [-0.25, -0.2) is 14.6 Å². The lowest BCUT2D eigenvalue weighted by Crippen LogP contribution is -2.44. The van der Waals surface area contributed by atoms with Gasteiger partial charge in [0.1, 0.15) is 18.0 Å². The molecule has 6 nitrogen and oxygen atoms in total. The van der Waals surface area contributed by atoms with Crippen LogP contribution in [0.2, 0.25) is 0 Å². The van der Waals surface area contributed by atoms with Gasteiger partial charge in [0.05, 0.1) is 11.6 Å². The van der Waals surface area contributed by atoms with Gasteiger partial charge in [-0.3, -0.25) is 0 Å². The van der Waals surface area contributed by atoms with E-state index in [-0.39, 0.29) is 6.04 Å². The zero-order chi connectivity index (χ0) is 19.4. The highest BCUT2D eigenvalue weighted by Gasteiger charge is 2.31. The molecular formula is C18H25F3N6. The number of nitrogens with zero attached hydrogens (tertiary/aromatic N) is 5. The first-order valence-electron chi connectivity index (χ1n) is 9.30. The van der Waals surface area contributed by atoms with E-state index in [1.165, 1.54) is 6.07 Å². The molecule has 0 unspecified atom stereocenters. The molecule has 1 N–H and O–H groups in total. The summed E-state index contributed by atoms with van der Waals surface area (Å²) in [7, 11) is 0. The summed E-state index contributed by atoms with van der Waals surface area (Å²) < 4.78 is 39.9. The van der Waals surface area contributed by atoms with Crippen molar-refractivity contribution in [2.75, 3.05) is 18.0 Å². The molecule has 0 aliphatic carbocycles. The summed E-state index contributed by atoms with van der Waals surface area (Å²) in [6.45, 7) is 6.54. The minimum atomic E-state index is -4.35. The number of rotatable bonds is 6. The summed E-state index contributed by atoms with van der Waals surface area (Å²) in [4.78, 5) is 10.4. The molecule has 0 spiro atoms. The molecule has 1 atom stereocenters. The van der Waals surface area contributed by atoms with Crippen molar-refractivity contribution >= 4 is 5.82 Å². The van der Waals surface area contributed by atoms with Gasteiger partial charge >= 0.3 is 6.18 Å². The lowest BCUT2D eigenvalue weighted by atomic mass is 10.0. The van der Waals surface area contributed by atoms with Crippen LogP contribution in [0.15, 0.2) is 24.7 Å². The predicted molar refractivity (Wildman–Crippen MR) is 96.3 cm³/mol. The molecule has 0 radical (unpaired) electrons. The SMILES string of the molecule is CCCn1ncnc1[C@@H](C)NC1CCN(c2ccc(C(F)(F)F)cn2)CC1. The first-order valence-corrected chi connectivity index (χ1v) is 9.30. The summed E-state index contributed by atoms with van der Waals surface area (Å²) in [5.74, 6) is 1.53. The van der Waals surface area contributed by atoms with Gasteiger partial charge in [-0.2, -0.15) is 18.3 Å². The Morgan fingerprint density at radius 3 is 2.56 bits per heavy atom. The Bertz CT molecular complexity index is 719. The molecule has 3 rings (SSSR count). The lowest BCUT2D eigenvalue weighted by molar-refractivity contribution is -0.137. The molecule has 1 aliphatic heterocycles. The first kappa shape index (κ1) is 19.6. The van der Waals surface area contributed by atoms with Crippen LogP contribution >= 0.6 is 0 Å². The number of pyridine rings is 1. The summed E-state index contributed by atoms with van der Waals surface area (Å²) >= 11 is 0. The molecule has 0 bridgehead atoms. The highest BCUT2D eigenvalue weighted by Crippen LogP contribution is 2.30. The topological polar surface area (TPSA) is 58.9 Å². The van der Waals surface area contributed by atoms with E-state index in [2.05, 4.69) is 34.2 Å². The molecule has 3 heterocycles. The van der Waals surface area contributed by atoms with Gasteiger partial charge in [-0.05, 0) is 38.3 Å². The molecule has 2 aromatic heterocycles. The molecule has 148 valence electrons. The highest BCUT2D eigenvalue weighted by atomic mass is 19.4. The van der Waals surface area contributed by atoms with Gasteiger partial charge < -0.3 is 10.2 Å². The van der Waals surface area contributed by atoms with Gasteiger partial charge in [0.15, 0.2) is 0 Å². The summed E-state index contributed by atoms with van der Waals surface area (Å²) in [6, 6.07) is 2.97. The van der Waals surface area contributed by atoms with E-state index < -0.39 is 11.7 Å². The van der Waals surface area contributed by atoms with Crippen LogP contribution in [0.1, 0.15) is 50.5 Å². The Morgan fingerprint density at radius 1 is 1.22 bits per heavy atom. The predicted octanol–water partition coefficient (Wildman–Crippen LogP) is 3.42. The molecule has 1 fully saturated rings. The lowest BCUT2D eigenvalue weighted by Gasteiger charge is -2.34. The van der Waals surface area contributed by atoms with Crippen molar-refractivity contribution in [2.45, 2.75) is 57.9 Å². The number of nitrogens with one attached hydrogen (secondary N) is 1. The second-order valence-corrected chi connectivity index (χ2v) is 6.89. The van der Waals surface area contributed by atoms with E-state index in [0.29, 0.717) is 11.9 Å². The van der Waals surface area contributed by atoms with Gasteiger partial charge in [0, 0.05) is 31.9 Å². The van der Waals surface area contributed by atoms with Crippen molar-refractivity contribution in [1.82, 2.24) is 25.1 Å². The molecular weight excluding hydrogens is 357 g/mol. The molecule has 0 aromatic carbocycles. The third-order valence-corrected chi connectivity index (χ3v) is 4.85. The number of hydrogen-bond donors (Lipinski definition) is 1. The number of anilines is 1. The van der Waals surface area contributed by atoms with Crippen LogP contribution in [0.4, 0.5) is 19.0 Å². The maximum Gasteiger partial charge on any atom is 0.417 e. The zero-order valence-corrected chi connectivity index (χ0v) is 15.6. The van der Waals surface area contributed by atoms with Gasteiger partial charge in [0.25, 0.3) is 0 Å². The third kappa shape index (κ3) is 4.77. The number of aromatic nitrogens is 4. The molecule has 0 saturated carbocycles. The van der Waals surface area contributed by atoms with E-state index in [0.717, 1.165) is 57.0 Å². The summed E-state index contributed by atoms with van der Waals surface area (Å²) in [6.07, 6.45) is 0.937.